The quantitative estimate of drug-likeness (QED) is 0.513. The smallest absolute Gasteiger partial charge is 0.356 e. The zero-order valence-electron chi connectivity index (χ0n) is 15.6. The summed E-state index contributed by atoms with van der Waals surface area (Å²) in [5, 5.41) is 14.2. The molecule has 0 atom stereocenters. The van der Waals surface area contributed by atoms with E-state index in [2.05, 4.69) is 33.8 Å². The van der Waals surface area contributed by atoms with Crippen LogP contribution in [0.15, 0.2) is 36.4 Å². The van der Waals surface area contributed by atoms with E-state index < -0.39 is 11.6 Å². The molecule has 0 fully saturated rings. The van der Waals surface area contributed by atoms with Crippen LogP contribution in [0, 0.1) is 9.39 Å². The van der Waals surface area contributed by atoms with Crippen molar-refractivity contribution in [2.24, 2.45) is 0 Å². The van der Waals surface area contributed by atoms with Gasteiger partial charge in [-0.3, -0.25) is 0 Å². The average molecular weight is 492 g/mol. The van der Waals surface area contributed by atoms with Crippen LogP contribution in [-0.2, 0) is 12.0 Å². The van der Waals surface area contributed by atoms with Crippen molar-refractivity contribution in [1.82, 2.24) is 9.78 Å². The monoisotopic (exact) mass is 492 g/mol. The van der Waals surface area contributed by atoms with Crippen LogP contribution in [-0.4, -0.2) is 20.9 Å². The summed E-state index contributed by atoms with van der Waals surface area (Å²) >= 11 is 2.25. The van der Waals surface area contributed by atoms with Crippen molar-refractivity contribution in [2.75, 3.05) is 0 Å². The minimum absolute atomic E-state index is 0.0596. The van der Waals surface area contributed by atoms with Gasteiger partial charge in [-0.1, -0.05) is 6.92 Å². The van der Waals surface area contributed by atoms with Crippen LogP contribution in [0.2, 0.25) is 0 Å². The molecule has 1 aliphatic rings. The Balaban J connectivity index is 2.14. The topological polar surface area (TPSA) is 64.3 Å². The van der Waals surface area contributed by atoms with Gasteiger partial charge in [0.05, 0.1) is 16.9 Å². The van der Waals surface area contributed by atoms with E-state index in [-0.39, 0.29) is 11.5 Å². The van der Waals surface area contributed by atoms with Crippen LogP contribution in [0.4, 0.5) is 4.39 Å². The van der Waals surface area contributed by atoms with Gasteiger partial charge in [0, 0.05) is 9.13 Å². The zero-order valence-corrected chi connectivity index (χ0v) is 17.7. The van der Waals surface area contributed by atoms with Crippen LogP contribution < -0.4 is 4.74 Å². The fourth-order valence-electron chi connectivity index (χ4n) is 3.73. The second kappa shape index (κ2) is 6.58. The van der Waals surface area contributed by atoms with Gasteiger partial charge in [0.2, 0.25) is 0 Å². The number of rotatable bonds is 3. The first-order valence-electron chi connectivity index (χ1n) is 8.87. The number of ether oxygens (including phenoxy) is 1. The molecule has 0 radical (unpaired) electrons. The van der Waals surface area contributed by atoms with E-state index in [1.165, 1.54) is 12.1 Å². The second-order valence-corrected chi connectivity index (χ2v) is 8.42. The molecule has 1 aliphatic heterocycles. The molecular formula is C21H18FIN2O3. The van der Waals surface area contributed by atoms with Gasteiger partial charge in [-0.25, -0.2) is 13.9 Å². The molecule has 0 aliphatic carbocycles. The van der Waals surface area contributed by atoms with Gasteiger partial charge in [0.15, 0.2) is 5.69 Å². The van der Waals surface area contributed by atoms with E-state index >= 15 is 0 Å². The molecule has 0 saturated carbocycles. The van der Waals surface area contributed by atoms with Crippen molar-refractivity contribution in [1.29, 1.82) is 0 Å². The minimum Gasteiger partial charge on any atom is -0.482 e. The number of hydrogen-bond donors (Lipinski definition) is 1. The fourth-order valence-corrected chi connectivity index (χ4v) is 4.39. The van der Waals surface area contributed by atoms with Gasteiger partial charge in [-0.2, -0.15) is 5.10 Å². The zero-order chi connectivity index (χ0) is 20.2. The standard InChI is InChI=1S/C21H18FIN2O3/c1-4-11-9-13(23)10-15-16(11)19-17(21(2,3)28-15)18(20(26)27)24-25(19)14-7-5-12(22)6-8-14/h5-10H,4H2,1-3H3,(H,26,27). The number of carboxylic acid groups (broad SMARTS) is 1. The largest absolute Gasteiger partial charge is 0.482 e. The number of halogens is 2. The van der Waals surface area contributed by atoms with E-state index in [0.29, 0.717) is 22.7 Å². The molecule has 3 aromatic rings. The molecule has 2 heterocycles. The molecule has 0 spiro atoms. The van der Waals surface area contributed by atoms with Crippen molar-refractivity contribution in [3.63, 3.8) is 0 Å². The van der Waals surface area contributed by atoms with Gasteiger partial charge >= 0.3 is 5.97 Å². The molecule has 0 amide bonds. The van der Waals surface area contributed by atoms with Gasteiger partial charge in [-0.15, -0.1) is 0 Å². The highest BCUT2D eigenvalue weighted by Crippen LogP contribution is 2.49. The van der Waals surface area contributed by atoms with E-state index in [0.717, 1.165) is 21.1 Å². The molecule has 7 heteroatoms. The Morgan fingerprint density at radius 3 is 2.57 bits per heavy atom. The number of fused-ring (bicyclic) bond motifs is 3. The lowest BCUT2D eigenvalue weighted by atomic mass is 9.86. The summed E-state index contributed by atoms with van der Waals surface area (Å²) in [6.45, 7) is 5.72. The van der Waals surface area contributed by atoms with Crippen molar-refractivity contribution in [3.05, 3.63) is 62.6 Å². The van der Waals surface area contributed by atoms with Crippen LogP contribution in [0.5, 0.6) is 5.75 Å². The highest BCUT2D eigenvalue weighted by molar-refractivity contribution is 14.1. The molecule has 28 heavy (non-hydrogen) atoms. The number of aromatic carboxylic acids is 1. The summed E-state index contributed by atoms with van der Waals surface area (Å²) in [6, 6.07) is 9.87. The molecule has 4 rings (SSSR count). The van der Waals surface area contributed by atoms with Crippen LogP contribution in [0.3, 0.4) is 0 Å². The van der Waals surface area contributed by atoms with E-state index in [1.54, 1.807) is 16.8 Å². The van der Waals surface area contributed by atoms with Crippen molar-refractivity contribution >= 4 is 28.6 Å². The predicted octanol–water partition coefficient (Wildman–Crippen LogP) is 5.17. The molecule has 1 aromatic heterocycles. The maximum atomic E-state index is 13.5. The Bertz CT molecular complexity index is 1100. The van der Waals surface area contributed by atoms with Crippen LogP contribution in [0.1, 0.15) is 42.4 Å². The van der Waals surface area contributed by atoms with Crippen molar-refractivity contribution < 1.29 is 19.0 Å². The summed E-state index contributed by atoms with van der Waals surface area (Å²) in [7, 11) is 0. The average Bonchev–Trinajstić information content (AvgIpc) is 3.03. The molecule has 2 aromatic carbocycles. The normalized spacial score (nSPS) is 14.2. The Morgan fingerprint density at radius 1 is 1.29 bits per heavy atom. The number of nitrogens with zero attached hydrogens (tertiary/aromatic N) is 2. The van der Waals surface area contributed by atoms with Gasteiger partial charge < -0.3 is 9.84 Å². The highest BCUT2D eigenvalue weighted by atomic mass is 127. The Kier molecular flexibility index (Phi) is 4.45. The number of carbonyl (C=O) groups is 1. The highest BCUT2D eigenvalue weighted by Gasteiger charge is 2.42. The Labute approximate surface area is 175 Å². The minimum atomic E-state index is -1.12. The number of aryl methyl sites for hydroxylation is 1. The van der Waals surface area contributed by atoms with E-state index in [1.807, 2.05) is 26.8 Å². The first-order valence-corrected chi connectivity index (χ1v) is 9.95. The summed E-state index contributed by atoms with van der Waals surface area (Å²) in [4.78, 5) is 12.0. The summed E-state index contributed by atoms with van der Waals surface area (Å²) in [5.41, 5.74) is 2.73. The number of benzene rings is 2. The second-order valence-electron chi connectivity index (χ2n) is 7.17. The number of carboxylic acids is 1. The third-order valence-corrected chi connectivity index (χ3v) is 5.52. The molecule has 1 N–H and O–H groups in total. The Hall–Kier alpha value is -2.42. The SMILES string of the molecule is CCc1cc(I)cc2c1-c1c(c(C(=O)O)nn1-c1ccc(F)cc1)C(C)(C)O2. The van der Waals surface area contributed by atoms with E-state index in [9.17, 15) is 14.3 Å². The number of hydrogen-bond acceptors (Lipinski definition) is 3. The summed E-state index contributed by atoms with van der Waals surface area (Å²) in [6.07, 6.45) is 0.749. The third-order valence-electron chi connectivity index (χ3n) is 4.89. The van der Waals surface area contributed by atoms with Gasteiger partial charge in [0.1, 0.15) is 17.2 Å². The molecular weight excluding hydrogens is 474 g/mol. The Morgan fingerprint density at radius 2 is 1.96 bits per heavy atom. The molecule has 144 valence electrons. The lowest BCUT2D eigenvalue weighted by Gasteiger charge is -2.34. The molecule has 0 saturated heterocycles. The maximum Gasteiger partial charge on any atom is 0.356 e. The van der Waals surface area contributed by atoms with Crippen LogP contribution in [0.25, 0.3) is 16.9 Å². The first kappa shape index (κ1) is 18.9. The lowest BCUT2D eigenvalue weighted by Crippen LogP contribution is -2.31. The molecule has 0 unspecified atom stereocenters. The fraction of sp³-hybridized carbons (Fsp3) is 0.238. The summed E-state index contributed by atoms with van der Waals surface area (Å²) < 4.78 is 22.3. The van der Waals surface area contributed by atoms with Gasteiger partial charge in [0.25, 0.3) is 0 Å². The van der Waals surface area contributed by atoms with Crippen LogP contribution >= 0.6 is 22.6 Å². The third kappa shape index (κ3) is 2.88. The number of aromatic nitrogens is 2. The molecule has 5 nitrogen and oxygen atoms in total. The lowest BCUT2D eigenvalue weighted by molar-refractivity contribution is 0.0664. The van der Waals surface area contributed by atoms with Crippen molar-refractivity contribution in [3.8, 4) is 22.7 Å². The van der Waals surface area contributed by atoms with Crippen molar-refractivity contribution in [2.45, 2.75) is 32.8 Å². The maximum absolute atomic E-state index is 13.5. The predicted molar refractivity (Wildman–Crippen MR) is 112 cm³/mol. The summed E-state index contributed by atoms with van der Waals surface area (Å²) in [5.74, 6) is -0.793. The first-order chi connectivity index (χ1) is 13.2. The van der Waals surface area contributed by atoms with E-state index in [4.69, 9.17) is 4.74 Å². The molecule has 0 bridgehead atoms. The van der Waals surface area contributed by atoms with Gasteiger partial charge in [-0.05, 0) is 84.8 Å².